The van der Waals surface area contributed by atoms with Gasteiger partial charge < -0.3 is 10.5 Å². The Morgan fingerprint density at radius 1 is 1.38 bits per heavy atom. The van der Waals surface area contributed by atoms with E-state index in [1.165, 1.54) is 0 Å². The molecule has 0 amide bonds. The molecular weight excluding hydrogens is 334 g/mol. The number of aromatic nitrogens is 4. The lowest BCUT2D eigenvalue weighted by Gasteiger charge is -2.24. The number of rotatable bonds is 5. The Morgan fingerprint density at radius 2 is 2.10 bits per heavy atom. The van der Waals surface area contributed by atoms with E-state index in [4.69, 9.17) is 10.5 Å². The Hall–Kier alpha value is -1.47. The zero-order valence-electron chi connectivity index (χ0n) is 12.7. The van der Waals surface area contributed by atoms with Crippen LogP contribution in [-0.2, 0) is 11.3 Å². The van der Waals surface area contributed by atoms with Gasteiger partial charge in [0.05, 0.1) is 12.1 Å². The molecule has 0 saturated carbocycles. The van der Waals surface area contributed by atoms with Crippen LogP contribution in [0.25, 0.3) is 11.4 Å². The molecule has 0 spiro atoms. The number of nitrogens with two attached hydrogens (primary N) is 1. The minimum atomic E-state index is -0.343. The van der Waals surface area contributed by atoms with Crippen LogP contribution in [0.5, 0.6) is 0 Å². The molecule has 0 fully saturated rings. The van der Waals surface area contributed by atoms with Gasteiger partial charge in [-0.1, -0.05) is 15.9 Å². The van der Waals surface area contributed by atoms with E-state index in [9.17, 15) is 0 Å². The average Bonchev–Trinajstić information content (AvgIpc) is 2.80. The molecular formula is C14H20BrN5O. The van der Waals surface area contributed by atoms with Crippen molar-refractivity contribution in [2.45, 2.75) is 39.8 Å². The van der Waals surface area contributed by atoms with Gasteiger partial charge in [0.25, 0.3) is 0 Å². The molecule has 6 nitrogen and oxygen atoms in total. The van der Waals surface area contributed by atoms with Crippen LogP contribution < -0.4 is 5.73 Å². The fourth-order valence-electron chi connectivity index (χ4n) is 2.23. The maximum Gasteiger partial charge on any atom is 0.182 e. The first-order valence-electron chi connectivity index (χ1n) is 6.80. The maximum atomic E-state index is 6.02. The molecule has 0 aliphatic carbocycles. The Bertz CT molecular complexity index is 638. The monoisotopic (exact) mass is 353 g/mol. The Kier molecular flexibility index (Phi) is 4.63. The highest BCUT2D eigenvalue weighted by atomic mass is 79.9. The second kappa shape index (κ2) is 6.11. The molecule has 2 aromatic rings. The molecule has 0 aliphatic heterocycles. The van der Waals surface area contributed by atoms with Crippen molar-refractivity contribution < 1.29 is 4.74 Å². The van der Waals surface area contributed by atoms with Gasteiger partial charge in [-0.05, 0) is 55.8 Å². The van der Waals surface area contributed by atoms with Crippen LogP contribution in [0, 0.1) is 6.92 Å². The summed E-state index contributed by atoms with van der Waals surface area (Å²) in [7, 11) is 0. The highest BCUT2D eigenvalue weighted by Crippen LogP contribution is 2.30. The average molecular weight is 354 g/mol. The van der Waals surface area contributed by atoms with Gasteiger partial charge in [0.1, 0.15) is 0 Å². The fourth-order valence-corrected chi connectivity index (χ4v) is 2.71. The third kappa shape index (κ3) is 3.59. The summed E-state index contributed by atoms with van der Waals surface area (Å²) in [5, 5.41) is 12.0. The fraction of sp³-hybridized carbons (Fsp3) is 0.500. The van der Waals surface area contributed by atoms with E-state index in [-0.39, 0.29) is 5.60 Å². The molecule has 114 valence electrons. The number of anilines is 1. The van der Waals surface area contributed by atoms with E-state index >= 15 is 0 Å². The Morgan fingerprint density at radius 3 is 2.76 bits per heavy atom. The van der Waals surface area contributed by atoms with E-state index in [1.54, 1.807) is 4.68 Å². The first kappa shape index (κ1) is 15.9. The molecule has 2 rings (SSSR count). The summed E-state index contributed by atoms with van der Waals surface area (Å²) in [5.74, 6) is 0.688. The van der Waals surface area contributed by atoms with Crippen molar-refractivity contribution in [2.75, 3.05) is 12.3 Å². The van der Waals surface area contributed by atoms with Gasteiger partial charge in [0.2, 0.25) is 0 Å². The predicted molar refractivity (Wildman–Crippen MR) is 85.8 cm³/mol. The summed E-state index contributed by atoms with van der Waals surface area (Å²) in [6.45, 7) is 9.18. The number of tetrazole rings is 1. The largest absolute Gasteiger partial charge is 0.398 e. The van der Waals surface area contributed by atoms with Gasteiger partial charge in [0.15, 0.2) is 5.82 Å². The van der Waals surface area contributed by atoms with E-state index in [1.807, 2.05) is 39.8 Å². The van der Waals surface area contributed by atoms with Crippen LogP contribution in [0.1, 0.15) is 26.3 Å². The van der Waals surface area contributed by atoms with Crippen molar-refractivity contribution in [1.29, 1.82) is 0 Å². The molecule has 0 atom stereocenters. The lowest BCUT2D eigenvalue weighted by Crippen LogP contribution is -2.31. The van der Waals surface area contributed by atoms with Crippen LogP contribution in [0.4, 0.5) is 5.69 Å². The highest BCUT2D eigenvalue weighted by molar-refractivity contribution is 9.10. The second-order valence-electron chi connectivity index (χ2n) is 5.52. The van der Waals surface area contributed by atoms with Crippen LogP contribution in [0.2, 0.25) is 0 Å². The smallest absolute Gasteiger partial charge is 0.182 e. The number of hydrogen-bond donors (Lipinski definition) is 1. The number of halogens is 1. The molecule has 21 heavy (non-hydrogen) atoms. The maximum absolute atomic E-state index is 6.02. The summed E-state index contributed by atoms with van der Waals surface area (Å²) in [6.07, 6.45) is 0. The van der Waals surface area contributed by atoms with Crippen molar-refractivity contribution in [1.82, 2.24) is 20.2 Å². The van der Waals surface area contributed by atoms with Crippen molar-refractivity contribution in [3.63, 3.8) is 0 Å². The van der Waals surface area contributed by atoms with Crippen LogP contribution in [0.3, 0.4) is 0 Å². The lowest BCUT2D eigenvalue weighted by atomic mass is 10.1. The van der Waals surface area contributed by atoms with Crippen molar-refractivity contribution >= 4 is 21.6 Å². The molecule has 1 aromatic carbocycles. The van der Waals surface area contributed by atoms with Crippen molar-refractivity contribution in [3.05, 3.63) is 22.2 Å². The van der Waals surface area contributed by atoms with Gasteiger partial charge >= 0.3 is 0 Å². The minimum Gasteiger partial charge on any atom is -0.398 e. The number of hydrogen-bond acceptors (Lipinski definition) is 5. The van der Waals surface area contributed by atoms with Crippen molar-refractivity contribution in [3.8, 4) is 11.4 Å². The van der Waals surface area contributed by atoms with Gasteiger partial charge in [-0.15, -0.1) is 5.10 Å². The minimum absolute atomic E-state index is 0.343. The van der Waals surface area contributed by atoms with E-state index in [0.717, 1.165) is 15.6 Å². The zero-order valence-corrected chi connectivity index (χ0v) is 14.3. The molecule has 1 aromatic heterocycles. The molecule has 2 N–H and O–H groups in total. The van der Waals surface area contributed by atoms with E-state index in [2.05, 4.69) is 31.5 Å². The SMILES string of the molecule is CCOC(C)(C)Cn1nnnc1-c1cc(Br)cc(N)c1C. The molecule has 0 unspecified atom stereocenters. The quantitative estimate of drug-likeness (QED) is 0.836. The normalized spacial score (nSPS) is 11.9. The summed E-state index contributed by atoms with van der Waals surface area (Å²) in [5.41, 5.74) is 8.26. The summed E-state index contributed by atoms with van der Waals surface area (Å²) in [4.78, 5) is 0. The third-order valence-electron chi connectivity index (χ3n) is 3.25. The standard InChI is InChI=1S/C14H20BrN5O/c1-5-21-14(3,4)8-20-13(17-18-19-20)11-6-10(15)7-12(16)9(11)2/h6-7H,5,8,16H2,1-4H3. The zero-order chi connectivity index (χ0) is 15.6. The van der Waals surface area contributed by atoms with Gasteiger partial charge in [0, 0.05) is 22.3 Å². The second-order valence-corrected chi connectivity index (χ2v) is 6.44. The van der Waals surface area contributed by atoms with Crippen molar-refractivity contribution in [2.24, 2.45) is 0 Å². The molecule has 0 radical (unpaired) electrons. The number of ether oxygens (including phenoxy) is 1. The Balaban J connectivity index is 2.42. The number of nitrogen functional groups attached to an aromatic ring is 1. The molecule has 0 bridgehead atoms. The first-order valence-corrected chi connectivity index (χ1v) is 7.59. The molecule has 0 saturated heterocycles. The summed E-state index contributed by atoms with van der Waals surface area (Å²) in [6, 6.07) is 3.85. The summed E-state index contributed by atoms with van der Waals surface area (Å²) < 4.78 is 8.38. The Labute approximate surface area is 132 Å². The van der Waals surface area contributed by atoms with Gasteiger partial charge in [-0.25, -0.2) is 4.68 Å². The first-order chi connectivity index (χ1) is 9.84. The van der Waals surface area contributed by atoms with Gasteiger partial charge in [-0.2, -0.15) is 0 Å². The molecule has 0 aliphatic rings. The molecule has 1 heterocycles. The number of nitrogens with zero attached hydrogens (tertiary/aromatic N) is 4. The third-order valence-corrected chi connectivity index (χ3v) is 3.71. The van der Waals surface area contributed by atoms with Gasteiger partial charge in [-0.3, -0.25) is 0 Å². The van der Waals surface area contributed by atoms with Crippen LogP contribution >= 0.6 is 15.9 Å². The van der Waals surface area contributed by atoms with Crippen LogP contribution in [-0.4, -0.2) is 32.4 Å². The van der Waals surface area contributed by atoms with E-state index < -0.39 is 0 Å². The summed E-state index contributed by atoms with van der Waals surface area (Å²) >= 11 is 3.46. The predicted octanol–water partition coefficient (Wildman–Crippen LogP) is 2.81. The van der Waals surface area contributed by atoms with E-state index in [0.29, 0.717) is 24.7 Å². The number of benzene rings is 1. The molecule has 7 heteroatoms. The lowest BCUT2D eigenvalue weighted by molar-refractivity contribution is -0.0246. The topological polar surface area (TPSA) is 78.8 Å². The highest BCUT2D eigenvalue weighted by Gasteiger charge is 2.23. The van der Waals surface area contributed by atoms with Crippen LogP contribution in [0.15, 0.2) is 16.6 Å².